The van der Waals surface area contributed by atoms with Gasteiger partial charge in [0.25, 0.3) is 0 Å². The molecule has 0 aliphatic heterocycles. The molecule has 3 aromatic heterocycles. The molecule has 246 valence electrons. The predicted molar refractivity (Wildman–Crippen MR) is 198 cm³/mol. The van der Waals surface area contributed by atoms with Crippen LogP contribution in [0.15, 0.2) is 169 Å². The van der Waals surface area contributed by atoms with Crippen LogP contribution in [0.4, 0.5) is 0 Å². The summed E-state index contributed by atoms with van der Waals surface area (Å²) in [6.45, 7) is 0. The van der Waals surface area contributed by atoms with Gasteiger partial charge in [-0.15, -0.1) is 0 Å². The van der Waals surface area contributed by atoms with Gasteiger partial charge in [-0.05, 0) is 58.7 Å². The minimum absolute atomic E-state index is 0.236. The Morgan fingerprint density at radius 1 is 0.686 bits per heavy atom. The fourth-order valence-corrected chi connectivity index (χ4v) is 7.35. The van der Waals surface area contributed by atoms with Gasteiger partial charge in [-0.25, -0.2) is 18.4 Å². The van der Waals surface area contributed by atoms with Crippen molar-refractivity contribution in [2.75, 3.05) is 6.26 Å². The molecule has 0 aliphatic carbocycles. The largest absolute Gasteiger partial charge is 0.283 e. The molecule has 5 aromatic carbocycles. The van der Waals surface area contributed by atoms with Gasteiger partial charge in [-0.1, -0.05) is 109 Å². The SMILES string of the molecule is CS(=O)(=O)c1ccc(-c2nn(C(c3ccccc3)(c3ccccc3)c3ccccc3)cc2-c2ccc3ncn(-c4ccc(C#N)cn4)c3c2)cc1. The molecule has 8 rings (SSSR count). The first-order chi connectivity index (χ1) is 24.9. The van der Waals surface area contributed by atoms with Crippen LogP contribution in [0.25, 0.3) is 39.2 Å². The lowest BCUT2D eigenvalue weighted by atomic mass is 9.77. The second-order valence-electron chi connectivity index (χ2n) is 12.3. The van der Waals surface area contributed by atoms with Crippen LogP contribution in [0.5, 0.6) is 0 Å². The lowest BCUT2D eigenvalue weighted by Gasteiger charge is -2.36. The molecule has 0 fully saturated rings. The molecule has 0 saturated heterocycles. The number of hydrogen-bond acceptors (Lipinski definition) is 6. The van der Waals surface area contributed by atoms with Gasteiger partial charge in [-0.3, -0.25) is 9.25 Å². The molecule has 8 aromatic rings. The van der Waals surface area contributed by atoms with Gasteiger partial charge < -0.3 is 0 Å². The van der Waals surface area contributed by atoms with Crippen LogP contribution in [0.1, 0.15) is 22.3 Å². The number of hydrogen-bond donors (Lipinski definition) is 0. The van der Waals surface area contributed by atoms with E-state index < -0.39 is 15.4 Å². The van der Waals surface area contributed by atoms with Crippen molar-refractivity contribution in [1.82, 2.24) is 24.3 Å². The lowest BCUT2D eigenvalue weighted by Crippen LogP contribution is -2.38. The summed E-state index contributed by atoms with van der Waals surface area (Å²) in [7, 11) is -3.40. The minimum atomic E-state index is -3.40. The molecule has 3 heterocycles. The fraction of sp³-hybridized carbons (Fsp3) is 0.0476. The maximum atomic E-state index is 12.4. The number of pyridine rings is 1. The first kappa shape index (κ1) is 31.6. The molecule has 0 aliphatic rings. The van der Waals surface area contributed by atoms with E-state index in [9.17, 15) is 13.7 Å². The summed E-state index contributed by atoms with van der Waals surface area (Å²) in [5, 5.41) is 14.7. The van der Waals surface area contributed by atoms with Crippen molar-refractivity contribution >= 4 is 20.9 Å². The van der Waals surface area contributed by atoms with Crippen molar-refractivity contribution in [3.8, 4) is 34.3 Å². The van der Waals surface area contributed by atoms with Crippen molar-refractivity contribution < 1.29 is 8.42 Å². The van der Waals surface area contributed by atoms with E-state index in [0.717, 1.165) is 44.4 Å². The maximum absolute atomic E-state index is 12.4. The average Bonchev–Trinajstić information content (AvgIpc) is 3.82. The highest BCUT2D eigenvalue weighted by Crippen LogP contribution is 2.43. The van der Waals surface area contributed by atoms with E-state index in [-0.39, 0.29) is 4.90 Å². The van der Waals surface area contributed by atoms with E-state index in [2.05, 4.69) is 64.7 Å². The van der Waals surface area contributed by atoms with Gasteiger partial charge in [0.05, 0.1) is 21.5 Å². The molecule has 0 bridgehead atoms. The summed E-state index contributed by atoms with van der Waals surface area (Å²) in [6.07, 6.45) is 6.55. The highest BCUT2D eigenvalue weighted by Gasteiger charge is 2.40. The number of benzene rings is 5. The Morgan fingerprint density at radius 2 is 1.27 bits per heavy atom. The van der Waals surface area contributed by atoms with Crippen molar-refractivity contribution in [3.63, 3.8) is 0 Å². The zero-order valence-corrected chi connectivity index (χ0v) is 28.3. The van der Waals surface area contributed by atoms with Crippen LogP contribution in [0.3, 0.4) is 0 Å². The number of imidazole rings is 1. The zero-order chi connectivity index (χ0) is 35.0. The Bertz CT molecular complexity index is 2550. The van der Waals surface area contributed by atoms with Gasteiger partial charge in [-0.2, -0.15) is 10.4 Å². The van der Waals surface area contributed by atoms with Gasteiger partial charge in [0.15, 0.2) is 9.84 Å². The van der Waals surface area contributed by atoms with E-state index in [1.807, 2.05) is 88.1 Å². The van der Waals surface area contributed by atoms with Gasteiger partial charge in [0.2, 0.25) is 0 Å². The van der Waals surface area contributed by atoms with E-state index in [4.69, 9.17) is 5.10 Å². The van der Waals surface area contributed by atoms with E-state index in [0.29, 0.717) is 17.1 Å². The van der Waals surface area contributed by atoms with Gasteiger partial charge >= 0.3 is 0 Å². The molecule has 0 spiro atoms. The Morgan fingerprint density at radius 3 is 1.80 bits per heavy atom. The van der Waals surface area contributed by atoms with Crippen molar-refractivity contribution in [2.24, 2.45) is 0 Å². The topological polar surface area (TPSA) is 106 Å². The van der Waals surface area contributed by atoms with E-state index in [1.165, 1.54) is 6.26 Å². The second-order valence-corrected chi connectivity index (χ2v) is 14.3. The molecule has 0 amide bonds. The van der Waals surface area contributed by atoms with Gasteiger partial charge in [0, 0.05) is 29.8 Å². The molecular weight excluding hydrogens is 653 g/mol. The molecule has 9 heteroatoms. The predicted octanol–water partition coefficient (Wildman–Crippen LogP) is 8.07. The molecule has 51 heavy (non-hydrogen) atoms. The van der Waals surface area contributed by atoms with Crippen LogP contribution in [-0.4, -0.2) is 39.0 Å². The van der Waals surface area contributed by atoms with E-state index >= 15 is 0 Å². The highest BCUT2D eigenvalue weighted by atomic mass is 32.2. The molecule has 0 radical (unpaired) electrons. The maximum Gasteiger partial charge on any atom is 0.175 e. The van der Waals surface area contributed by atoms with Crippen LogP contribution in [-0.2, 0) is 15.4 Å². The number of sulfone groups is 1. The normalized spacial score (nSPS) is 11.8. The molecule has 8 nitrogen and oxygen atoms in total. The molecule has 0 N–H and O–H groups in total. The summed E-state index contributed by atoms with van der Waals surface area (Å²) in [5.74, 6) is 0.636. The second kappa shape index (κ2) is 12.7. The third-order valence-electron chi connectivity index (χ3n) is 9.17. The molecular formula is C42H30N6O2S. The zero-order valence-electron chi connectivity index (χ0n) is 27.5. The van der Waals surface area contributed by atoms with E-state index in [1.54, 1.807) is 36.8 Å². The number of nitrogens with zero attached hydrogens (tertiary/aromatic N) is 6. The van der Waals surface area contributed by atoms with Crippen molar-refractivity contribution in [1.29, 1.82) is 5.26 Å². The Balaban J connectivity index is 1.41. The van der Waals surface area contributed by atoms with Crippen LogP contribution >= 0.6 is 0 Å². The van der Waals surface area contributed by atoms with Crippen molar-refractivity contribution in [3.05, 3.63) is 187 Å². The first-order valence-electron chi connectivity index (χ1n) is 16.3. The molecule has 0 atom stereocenters. The average molecular weight is 683 g/mol. The summed E-state index contributed by atoms with van der Waals surface area (Å²) in [6, 6.07) is 49.6. The quantitative estimate of drug-likeness (QED) is 0.150. The summed E-state index contributed by atoms with van der Waals surface area (Å²) in [4.78, 5) is 9.37. The third kappa shape index (κ3) is 5.58. The van der Waals surface area contributed by atoms with Gasteiger partial charge in [0.1, 0.15) is 29.4 Å². The third-order valence-corrected chi connectivity index (χ3v) is 10.3. The van der Waals surface area contributed by atoms with Crippen LogP contribution in [0, 0.1) is 11.3 Å². The monoisotopic (exact) mass is 682 g/mol. The first-order valence-corrected chi connectivity index (χ1v) is 18.2. The highest BCUT2D eigenvalue weighted by molar-refractivity contribution is 7.90. The lowest BCUT2D eigenvalue weighted by molar-refractivity contribution is 0.461. The summed E-state index contributed by atoms with van der Waals surface area (Å²) in [5.41, 5.74) is 7.46. The fourth-order valence-electron chi connectivity index (χ4n) is 6.72. The Labute approximate surface area is 295 Å². The Kier molecular flexibility index (Phi) is 7.86. The van der Waals surface area contributed by atoms with Crippen LogP contribution < -0.4 is 0 Å². The van der Waals surface area contributed by atoms with Crippen LogP contribution in [0.2, 0.25) is 0 Å². The summed E-state index contributed by atoms with van der Waals surface area (Å²) < 4.78 is 28.7. The molecule has 0 saturated carbocycles. The smallest absolute Gasteiger partial charge is 0.175 e. The molecule has 0 unspecified atom stereocenters. The Hall–Kier alpha value is -6.63. The number of rotatable bonds is 8. The summed E-state index contributed by atoms with van der Waals surface area (Å²) >= 11 is 0. The van der Waals surface area contributed by atoms with Crippen molar-refractivity contribution in [2.45, 2.75) is 10.4 Å². The standard InChI is InChI=1S/C42H30N6O2S/c1-51(49,50)36-21-18-31(19-22-36)41-37(32-20-23-38-39(25-32)47(29-45-38)40-24-17-30(26-43)27-44-40)28-48(46-41)42(33-11-5-2-6-12-33,34-13-7-3-8-14-34)35-15-9-4-10-16-35/h2-25,27-29H,1H3. The number of nitriles is 1. The number of aromatic nitrogens is 5. The minimum Gasteiger partial charge on any atom is -0.283 e. The number of fused-ring (bicyclic) bond motifs is 1.